The van der Waals surface area contributed by atoms with E-state index in [0.29, 0.717) is 23.8 Å². The number of rotatable bonds is 5. The highest BCUT2D eigenvalue weighted by Gasteiger charge is 2.19. The lowest BCUT2D eigenvalue weighted by atomic mass is 9.94. The van der Waals surface area contributed by atoms with Crippen LogP contribution in [0.5, 0.6) is 5.75 Å². The molecule has 0 saturated carbocycles. The number of hydrogen-bond acceptors (Lipinski definition) is 3. The summed E-state index contributed by atoms with van der Waals surface area (Å²) in [6.45, 7) is 0.615. The van der Waals surface area contributed by atoms with E-state index in [4.69, 9.17) is 4.74 Å². The summed E-state index contributed by atoms with van der Waals surface area (Å²) in [6.07, 6.45) is 6.33. The SMILES string of the molecule is COc1cccc([C@@H](O)C(=O)NC[C@@H]2CC=CCC2)c1. The minimum absolute atomic E-state index is 0.354. The average molecular weight is 275 g/mol. The number of aliphatic hydroxyl groups is 1. The molecule has 108 valence electrons. The van der Waals surface area contributed by atoms with Crippen LogP contribution in [0.4, 0.5) is 0 Å². The van der Waals surface area contributed by atoms with Gasteiger partial charge in [-0.25, -0.2) is 0 Å². The number of hydrogen-bond donors (Lipinski definition) is 2. The number of carbonyl (C=O) groups excluding carboxylic acids is 1. The second-order valence-electron chi connectivity index (χ2n) is 5.07. The van der Waals surface area contributed by atoms with E-state index < -0.39 is 6.10 Å². The van der Waals surface area contributed by atoms with Gasteiger partial charge in [-0.05, 0) is 42.9 Å². The summed E-state index contributed by atoms with van der Waals surface area (Å²) in [5.41, 5.74) is 0.547. The summed E-state index contributed by atoms with van der Waals surface area (Å²) in [5, 5.41) is 12.9. The molecule has 1 aromatic carbocycles. The third-order valence-electron chi connectivity index (χ3n) is 3.60. The molecule has 20 heavy (non-hydrogen) atoms. The van der Waals surface area contributed by atoms with E-state index in [1.54, 1.807) is 31.4 Å². The van der Waals surface area contributed by atoms with Crippen molar-refractivity contribution in [2.75, 3.05) is 13.7 Å². The van der Waals surface area contributed by atoms with Crippen LogP contribution in [0, 0.1) is 5.92 Å². The summed E-state index contributed by atoms with van der Waals surface area (Å²) >= 11 is 0. The molecule has 0 heterocycles. The van der Waals surface area contributed by atoms with Crippen LogP contribution in [0.25, 0.3) is 0 Å². The molecule has 2 rings (SSSR count). The molecule has 1 amide bonds. The van der Waals surface area contributed by atoms with E-state index in [-0.39, 0.29) is 5.91 Å². The molecule has 0 aromatic heterocycles. The molecule has 2 N–H and O–H groups in total. The van der Waals surface area contributed by atoms with Gasteiger partial charge < -0.3 is 15.2 Å². The first-order valence-corrected chi connectivity index (χ1v) is 6.95. The number of carbonyl (C=O) groups is 1. The highest BCUT2D eigenvalue weighted by atomic mass is 16.5. The van der Waals surface area contributed by atoms with E-state index in [2.05, 4.69) is 17.5 Å². The van der Waals surface area contributed by atoms with Crippen LogP contribution in [-0.4, -0.2) is 24.7 Å². The van der Waals surface area contributed by atoms with Gasteiger partial charge in [0, 0.05) is 6.54 Å². The quantitative estimate of drug-likeness (QED) is 0.810. The van der Waals surface area contributed by atoms with Crippen molar-refractivity contribution >= 4 is 5.91 Å². The number of ether oxygens (including phenoxy) is 1. The molecule has 4 nitrogen and oxygen atoms in total. The van der Waals surface area contributed by atoms with Crippen molar-refractivity contribution in [2.24, 2.45) is 5.92 Å². The minimum atomic E-state index is -1.15. The normalized spacial score (nSPS) is 19.4. The maximum Gasteiger partial charge on any atom is 0.253 e. The predicted octanol–water partition coefficient (Wildman–Crippen LogP) is 2.20. The van der Waals surface area contributed by atoms with Crippen LogP contribution in [0.2, 0.25) is 0 Å². The zero-order chi connectivity index (χ0) is 14.4. The Morgan fingerprint density at radius 1 is 1.50 bits per heavy atom. The van der Waals surface area contributed by atoms with E-state index in [1.165, 1.54) is 0 Å². The van der Waals surface area contributed by atoms with Gasteiger partial charge in [-0.3, -0.25) is 4.79 Å². The Bertz CT molecular complexity index is 484. The van der Waals surface area contributed by atoms with E-state index >= 15 is 0 Å². The smallest absolute Gasteiger partial charge is 0.253 e. The lowest BCUT2D eigenvalue weighted by molar-refractivity contribution is -0.129. The number of benzene rings is 1. The molecule has 1 aromatic rings. The minimum Gasteiger partial charge on any atom is -0.497 e. The number of nitrogens with one attached hydrogen (secondary N) is 1. The van der Waals surface area contributed by atoms with E-state index in [1.807, 2.05) is 0 Å². The fraction of sp³-hybridized carbons (Fsp3) is 0.438. The molecule has 2 atom stereocenters. The summed E-state index contributed by atoms with van der Waals surface area (Å²) < 4.78 is 5.09. The molecule has 0 bridgehead atoms. The summed E-state index contributed by atoms with van der Waals surface area (Å²) in [7, 11) is 1.56. The molecule has 0 saturated heterocycles. The Labute approximate surface area is 119 Å². The average Bonchev–Trinajstić information content (AvgIpc) is 2.53. The monoisotopic (exact) mass is 275 g/mol. The molecule has 4 heteroatoms. The number of aliphatic hydroxyl groups excluding tert-OH is 1. The predicted molar refractivity (Wildman–Crippen MR) is 77.4 cm³/mol. The van der Waals surface area contributed by atoms with Gasteiger partial charge in [0.1, 0.15) is 5.75 Å². The number of allylic oxidation sites excluding steroid dienone is 2. The Morgan fingerprint density at radius 2 is 2.35 bits per heavy atom. The van der Waals surface area contributed by atoms with Crippen molar-refractivity contribution in [1.82, 2.24) is 5.32 Å². The molecule has 1 aliphatic rings. The summed E-state index contributed by atoms with van der Waals surface area (Å²) in [5.74, 6) is 0.751. The van der Waals surface area contributed by atoms with Gasteiger partial charge in [0.05, 0.1) is 7.11 Å². The fourth-order valence-corrected chi connectivity index (χ4v) is 2.35. The summed E-state index contributed by atoms with van der Waals surface area (Å²) in [6, 6.07) is 6.93. The first-order valence-electron chi connectivity index (χ1n) is 6.95. The van der Waals surface area contributed by atoms with Gasteiger partial charge in [0.15, 0.2) is 6.10 Å². The van der Waals surface area contributed by atoms with Crippen molar-refractivity contribution < 1.29 is 14.6 Å². The molecule has 0 radical (unpaired) electrons. The fourth-order valence-electron chi connectivity index (χ4n) is 2.35. The maximum absolute atomic E-state index is 12.0. The van der Waals surface area contributed by atoms with Crippen LogP contribution in [0.3, 0.4) is 0 Å². The van der Waals surface area contributed by atoms with Crippen LogP contribution in [0.1, 0.15) is 30.9 Å². The van der Waals surface area contributed by atoms with Crippen molar-refractivity contribution in [3.8, 4) is 5.75 Å². The second kappa shape index (κ2) is 7.10. The molecule has 0 spiro atoms. The third-order valence-corrected chi connectivity index (χ3v) is 3.60. The molecule has 0 unspecified atom stereocenters. The standard InChI is InChI=1S/C16H21NO3/c1-20-14-9-5-8-13(10-14)15(18)16(19)17-11-12-6-3-2-4-7-12/h2-3,5,8-10,12,15,18H,4,6-7,11H2,1H3,(H,17,19)/t12-,15-/m1/s1. The van der Waals surface area contributed by atoms with Gasteiger partial charge in [-0.1, -0.05) is 24.3 Å². The number of amides is 1. The molecule has 0 fully saturated rings. The van der Waals surface area contributed by atoms with E-state index in [9.17, 15) is 9.90 Å². The largest absolute Gasteiger partial charge is 0.497 e. The van der Waals surface area contributed by atoms with Crippen molar-refractivity contribution in [1.29, 1.82) is 0 Å². The Morgan fingerprint density at radius 3 is 3.05 bits per heavy atom. The van der Waals surface area contributed by atoms with Gasteiger partial charge in [0.25, 0.3) is 5.91 Å². The lowest BCUT2D eigenvalue weighted by Gasteiger charge is -2.19. The Hall–Kier alpha value is -1.81. The Kier molecular flexibility index (Phi) is 5.18. The Balaban J connectivity index is 1.89. The lowest BCUT2D eigenvalue weighted by Crippen LogP contribution is -2.33. The van der Waals surface area contributed by atoms with E-state index in [0.717, 1.165) is 19.3 Å². The third kappa shape index (κ3) is 3.84. The topological polar surface area (TPSA) is 58.6 Å². The van der Waals surface area contributed by atoms with Crippen LogP contribution in [0.15, 0.2) is 36.4 Å². The van der Waals surface area contributed by atoms with Crippen molar-refractivity contribution in [3.05, 3.63) is 42.0 Å². The first-order chi connectivity index (χ1) is 9.70. The highest BCUT2D eigenvalue weighted by molar-refractivity contribution is 5.82. The maximum atomic E-state index is 12.0. The van der Waals surface area contributed by atoms with Crippen LogP contribution < -0.4 is 10.1 Å². The highest BCUT2D eigenvalue weighted by Crippen LogP contribution is 2.20. The van der Waals surface area contributed by atoms with Crippen LogP contribution in [-0.2, 0) is 4.79 Å². The van der Waals surface area contributed by atoms with Crippen molar-refractivity contribution in [3.63, 3.8) is 0 Å². The molecular formula is C16H21NO3. The number of methoxy groups -OCH3 is 1. The van der Waals surface area contributed by atoms with Gasteiger partial charge in [-0.15, -0.1) is 0 Å². The second-order valence-corrected chi connectivity index (χ2v) is 5.07. The molecule has 1 aliphatic carbocycles. The zero-order valence-corrected chi connectivity index (χ0v) is 11.7. The summed E-state index contributed by atoms with van der Waals surface area (Å²) in [4.78, 5) is 12.0. The van der Waals surface area contributed by atoms with Crippen LogP contribution >= 0.6 is 0 Å². The first kappa shape index (κ1) is 14.6. The molecular weight excluding hydrogens is 254 g/mol. The van der Waals surface area contributed by atoms with Gasteiger partial charge >= 0.3 is 0 Å². The van der Waals surface area contributed by atoms with Crippen molar-refractivity contribution in [2.45, 2.75) is 25.4 Å². The van der Waals surface area contributed by atoms with Gasteiger partial charge in [0.2, 0.25) is 0 Å². The van der Waals surface area contributed by atoms with Gasteiger partial charge in [-0.2, -0.15) is 0 Å². The molecule has 0 aliphatic heterocycles. The zero-order valence-electron chi connectivity index (χ0n) is 11.7.